The second-order valence-corrected chi connectivity index (χ2v) is 6.64. The van der Waals surface area contributed by atoms with Gasteiger partial charge in [0.1, 0.15) is 5.69 Å². The minimum Gasteiger partial charge on any atom is -0.396 e. The average molecular weight is 302 g/mol. The Balaban J connectivity index is 3.05. The van der Waals surface area contributed by atoms with Gasteiger partial charge < -0.3 is 10.4 Å². The lowest BCUT2D eigenvalue weighted by molar-refractivity contribution is -0.384. The van der Waals surface area contributed by atoms with E-state index < -0.39 is 14.8 Å². The summed E-state index contributed by atoms with van der Waals surface area (Å²) in [6, 6.07) is 3.72. The Morgan fingerprint density at radius 3 is 2.60 bits per heavy atom. The van der Waals surface area contributed by atoms with Crippen molar-refractivity contribution in [2.24, 2.45) is 0 Å². The number of nitrogens with zero attached hydrogens (tertiary/aromatic N) is 1. The van der Waals surface area contributed by atoms with Crippen LogP contribution in [0.4, 0.5) is 11.4 Å². The van der Waals surface area contributed by atoms with E-state index in [-0.39, 0.29) is 28.9 Å². The molecule has 0 heterocycles. The zero-order chi connectivity index (χ0) is 15.3. The van der Waals surface area contributed by atoms with Crippen LogP contribution in [0.5, 0.6) is 0 Å². The molecule has 0 fully saturated rings. The van der Waals surface area contributed by atoms with Crippen LogP contribution in [0.2, 0.25) is 0 Å². The van der Waals surface area contributed by atoms with Crippen molar-refractivity contribution in [3.63, 3.8) is 0 Å². The van der Waals surface area contributed by atoms with Gasteiger partial charge in [0.05, 0.1) is 9.82 Å². The summed E-state index contributed by atoms with van der Waals surface area (Å²) >= 11 is 0. The monoisotopic (exact) mass is 302 g/mol. The number of sulfone groups is 1. The van der Waals surface area contributed by atoms with Crippen molar-refractivity contribution in [2.75, 3.05) is 18.2 Å². The predicted octanol–water partition coefficient (Wildman–Crippen LogP) is 1.57. The molecule has 1 rings (SSSR count). The van der Waals surface area contributed by atoms with Crippen LogP contribution in [0.25, 0.3) is 0 Å². The standard InChI is InChI=1S/C12H18N2O5S/c1-9(4-3-7-15)13-11-6-5-10(20(2,18)19)8-12(11)14(16)17/h5-6,8-9,13,15H,3-4,7H2,1-2H3. The highest BCUT2D eigenvalue weighted by atomic mass is 32.2. The Labute approximate surface area is 117 Å². The number of anilines is 1. The summed E-state index contributed by atoms with van der Waals surface area (Å²) in [6.45, 7) is 1.89. The minimum absolute atomic E-state index is 0.0567. The molecule has 1 atom stereocenters. The van der Waals surface area contributed by atoms with E-state index in [0.717, 1.165) is 12.3 Å². The fraction of sp³-hybridized carbons (Fsp3) is 0.500. The lowest BCUT2D eigenvalue weighted by Gasteiger charge is -2.15. The molecule has 0 aliphatic heterocycles. The van der Waals surface area contributed by atoms with Crippen LogP contribution in [-0.4, -0.2) is 37.4 Å². The van der Waals surface area contributed by atoms with E-state index in [1.165, 1.54) is 12.1 Å². The molecule has 0 saturated carbocycles. The topological polar surface area (TPSA) is 110 Å². The van der Waals surface area contributed by atoms with Crippen LogP contribution in [0.15, 0.2) is 23.1 Å². The number of benzene rings is 1. The maximum absolute atomic E-state index is 11.4. The van der Waals surface area contributed by atoms with E-state index in [1.807, 2.05) is 6.92 Å². The van der Waals surface area contributed by atoms with E-state index in [4.69, 9.17) is 5.11 Å². The van der Waals surface area contributed by atoms with E-state index in [1.54, 1.807) is 0 Å². The molecule has 0 spiro atoms. The quantitative estimate of drug-likeness (QED) is 0.584. The van der Waals surface area contributed by atoms with Crippen LogP contribution >= 0.6 is 0 Å². The molecule has 8 heteroatoms. The summed E-state index contributed by atoms with van der Waals surface area (Å²) in [5, 5.41) is 22.7. The summed E-state index contributed by atoms with van der Waals surface area (Å²) in [7, 11) is -3.48. The molecule has 20 heavy (non-hydrogen) atoms. The van der Waals surface area contributed by atoms with Crippen molar-refractivity contribution in [1.29, 1.82) is 0 Å². The van der Waals surface area contributed by atoms with Crippen molar-refractivity contribution in [1.82, 2.24) is 0 Å². The highest BCUT2D eigenvalue weighted by Crippen LogP contribution is 2.28. The van der Waals surface area contributed by atoms with Crippen molar-refractivity contribution >= 4 is 21.2 Å². The van der Waals surface area contributed by atoms with Gasteiger partial charge in [0, 0.05) is 25.0 Å². The van der Waals surface area contributed by atoms with Gasteiger partial charge in [0.2, 0.25) is 0 Å². The van der Waals surface area contributed by atoms with Crippen molar-refractivity contribution in [3.8, 4) is 0 Å². The van der Waals surface area contributed by atoms with Gasteiger partial charge in [-0.3, -0.25) is 10.1 Å². The highest BCUT2D eigenvalue weighted by Gasteiger charge is 2.19. The molecular weight excluding hydrogens is 284 g/mol. The third-order valence-corrected chi connectivity index (χ3v) is 3.90. The number of nitrogens with one attached hydrogen (secondary N) is 1. The first-order valence-electron chi connectivity index (χ1n) is 6.11. The van der Waals surface area contributed by atoms with Crippen LogP contribution < -0.4 is 5.32 Å². The molecule has 0 radical (unpaired) electrons. The maximum atomic E-state index is 11.4. The third kappa shape index (κ3) is 4.46. The smallest absolute Gasteiger partial charge is 0.293 e. The molecule has 0 saturated heterocycles. The number of aliphatic hydroxyl groups is 1. The van der Waals surface area contributed by atoms with Crippen LogP contribution in [0.1, 0.15) is 19.8 Å². The molecule has 0 aliphatic rings. The number of rotatable bonds is 7. The zero-order valence-electron chi connectivity index (χ0n) is 11.4. The Bertz CT molecular complexity index is 586. The molecule has 0 aliphatic carbocycles. The number of hydrogen-bond acceptors (Lipinski definition) is 6. The summed E-state index contributed by atoms with van der Waals surface area (Å²) in [5.41, 5.74) is -0.00314. The van der Waals surface area contributed by atoms with E-state index >= 15 is 0 Å². The van der Waals surface area contributed by atoms with Gasteiger partial charge in [0.25, 0.3) is 5.69 Å². The van der Waals surface area contributed by atoms with Crippen LogP contribution in [-0.2, 0) is 9.84 Å². The Kier molecular flexibility index (Phi) is 5.46. The first kappa shape index (κ1) is 16.4. The first-order valence-corrected chi connectivity index (χ1v) is 8.00. The molecule has 1 aromatic carbocycles. The highest BCUT2D eigenvalue weighted by molar-refractivity contribution is 7.90. The molecule has 7 nitrogen and oxygen atoms in total. The Morgan fingerprint density at radius 2 is 2.10 bits per heavy atom. The first-order chi connectivity index (χ1) is 9.25. The summed E-state index contributed by atoms with van der Waals surface area (Å²) in [4.78, 5) is 10.3. The number of hydrogen-bond donors (Lipinski definition) is 2. The molecule has 0 bridgehead atoms. The Hall–Kier alpha value is -1.67. The fourth-order valence-electron chi connectivity index (χ4n) is 1.75. The minimum atomic E-state index is -3.48. The van der Waals surface area contributed by atoms with Crippen molar-refractivity contribution in [3.05, 3.63) is 28.3 Å². The molecule has 1 aromatic rings. The lowest BCUT2D eigenvalue weighted by Crippen LogP contribution is -2.16. The second kappa shape index (κ2) is 6.67. The van der Waals surface area contributed by atoms with Gasteiger partial charge in [-0.1, -0.05) is 0 Å². The largest absolute Gasteiger partial charge is 0.396 e. The van der Waals surface area contributed by atoms with Gasteiger partial charge in [-0.25, -0.2) is 8.42 Å². The Morgan fingerprint density at radius 1 is 1.45 bits per heavy atom. The van der Waals surface area contributed by atoms with Gasteiger partial charge in [-0.2, -0.15) is 0 Å². The summed E-state index contributed by atoms with van der Waals surface area (Å²) in [5.74, 6) is 0. The van der Waals surface area contributed by atoms with Gasteiger partial charge in [-0.05, 0) is 31.9 Å². The molecule has 2 N–H and O–H groups in total. The van der Waals surface area contributed by atoms with Crippen molar-refractivity contribution in [2.45, 2.75) is 30.7 Å². The summed E-state index contributed by atoms with van der Waals surface area (Å²) < 4.78 is 22.8. The van der Waals surface area contributed by atoms with E-state index in [9.17, 15) is 18.5 Å². The molecule has 1 unspecified atom stereocenters. The van der Waals surface area contributed by atoms with Crippen LogP contribution in [0, 0.1) is 10.1 Å². The zero-order valence-corrected chi connectivity index (χ0v) is 12.2. The van der Waals surface area contributed by atoms with E-state index in [2.05, 4.69) is 5.32 Å². The number of nitro groups is 1. The average Bonchev–Trinajstić information content (AvgIpc) is 2.35. The van der Waals surface area contributed by atoms with Gasteiger partial charge in [0.15, 0.2) is 9.84 Å². The van der Waals surface area contributed by atoms with Gasteiger partial charge in [-0.15, -0.1) is 0 Å². The predicted molar refractivity (Wildman–Crippen MR) is 75.6 cm³/mol. The second-order valence-electron chi connectivity index (χ2n) is 4.62. The van der Waals surface area contributed by atoms with Crippen LogP contribution in [0.3, 0.4) is 0 Å². The molecule has 0 aromatic heterocycles. The van der Waals surface area contributed by atoms with Gasteiger partial charge >= 0.3 is 0 Å². The normalized spacial score (nSPS) is 12.9. The molecule has 0 amide bonds. The number of aliphatic hydroxyl groups excluding tert-OH is 1. The van der Waals surface area contributed by atoms with Crippen molar-refractivity contribution < 1.29 is 18.4 Å². The van der Waals surface area contributed by atoms with E-state index in [0.29, 0.717) is 12.8 Å². The SMILES string of the molecule is CC(CCCO)Nc1ccc(S(C)(=O)=O)cc1[N+](=O)[O-]. The molecule has 112 valence electrons. The summed E-state index contributed by atoms with van der Waals surface area (Å²) in [6.07, 6.45) is 2.24. The third-order valence-electron chi connectivity index (χ3n) is 2.79. The maximum Gasteiger partial charge on any atom is 0.293 e. The fourth-order valence-corrected chi connectivity index (χ4v) is 2.39. The number of nitro benzene ring substituents is 1. The lowest BCUT2D eigenvalue weighted by atomic mass is 10.1. The molecular formula is C12H18N2O5S.